The maximum atomic E-state index is 11.7. The van der Waals surface area contributed by atoms with Crippen LogP contribution in [-0.4, -0.2) is 5.78 Å². The summed E-state index contributed by atoms with van der Waals surface area (Å²) in [6, 6.07) is 0. The van der Waals surface area contributed by atoms with Gasteiger partial charge in [0, 0.05) is 12.8 Å². The topological polar surface area (TPSA) is 17.1 Å². The molecule has 2 aliphatic carbocycles. The fraction of sp³-hybridized carbons (Fsp3) is 0.933. The van der Waals surface area contributed by atoms with E-state index in [1.54, 1.807) is 0 Å². The van der Waals surface area contributed by atoms with E-state index in [9.17, 15) is 4.79 Å². The Morgan fingerprint density at radius 1 is 1.25 bits per heavy atom. The molecule has 0 aromatic carbocycles. The summed E-state index contributed by atoms with van der Waals surface area (Å²) in [5.41, 5.74) is 0.446. The Morgan fingerprint density at radius 3 is 2.56 bits per heavy atom. The predicted molar refractivity (Wildman–Crippen MR) is 67.2 cm³/mol. The van der Waals surface area contributed by atoms with Gasteiger partial charge < -0.3 is 0 Å². The van der Waals surface area contributed by atoms with Crippen molar-refractivity contribution in [1.29, 1.82) is 0 Å². The van der Waals surface area contributed by atoms with Crippen LogP contribution in [-0.2, 0) is 4.79 Å². The first-order valence-corrected chi connectivity index (χ1v) is 6.95. The Bertz CT molecular complexity index is 281. The number of fused-ring (bicyclic) bond motifs is 1. The second-order valence-electron chi connectivity index (χ2n) is 6.84. The van der Waals surface area contributed by atoms with Crippen molar-refractivity contribution in [2.45, 2.75) is 59.8 Å². The van der Waals surface area contributed by atoms with Gasteiger partial charge in [0.15, 0.2) is 0 Å². The van der Waals surface area contributed by atoms with Crippen LogP contribution < -0.4 is 0 Å². The van der Waals surface area contributed by atoms with E-state index in [-0.39, 0.29) is 0 Å². The SMILES string of the molecule is CC(C)[C@H]1CC[C@@H]2CC(=O)C[C@H](C)[C@@]2(C)C1. The van der Waals surface area contributed by atoms with Gasteiger partial charge in [0.05, 0.1) is 0 Å². The van der Waals surface area contributed by atoms with Gasteiger partial charge in [0.1, 0.15) is 5.78 Å². The Morgan fingerprint density at radius 2 is 1.94 bits per heavy atom. The summed E-state index contributed by atoms with van der Waals surface area (Å²) in [5, 5.41) is 0. The van der Waals surface area contributed by atoms with Gasteiger partial charge in [-0.1, -0.05) is 27.7 Å². The second-order valence-corrected chi connectivity index (χ2v) is 6.84. The van der Waals surface area contributed by atoms with Gasteiger partial charge in [-0.15, -0.1) is 0 Å². The third-order valence-electron chi connectivity index (χ3n) is 5.60. The van der Waals surface area contributed by atoms with Crippen molar-refractivity contribution in [3.63, 3.8) is 0 Å². The van der Waals surface area contributed by atoms with Crippen LogP contribution in [0.5, 0.6) is 0 Å². The van der Waals surface area contributed by atoms with E-state index < -0.39 is 0 Å². The van der Waals surface area contributed by atoms with Crippen LogP contribution in [0, 0.1) is 29.1 Å². The van der Waals surface area contributed by atoms with E-state index >= 15 is 0 Å². The maximum absolute atomic E-state index is 11.7. The molecule has 0 heterocycles. The van der Waals surface area contributed by atoms with E-state index in [4.69, 9.17) is 0 Å². The summed E-state index contributed by atoms with van der Waals surface area (Å²) in [7, 11) is 0. The van der Waals surface area contributed by atoms with Crippen molar-refractivity contribution < 1.29 is 4.79 Å². The average Bonchev–Trinajstić information content (AvgIpc) is 2.19. The van der Waals surface area contributed by atoms with E-state index in [0.29, 0.717) is 23.0 Å². The lowest BCUT2D eigenvalue weighted by atomic mass is 9.53. The molecular weight excluding hydrogens is 196 g/mol. The van der Waals surface area contributed by atoms with E-state index in [0.717, 1.165) is 24.7 Å². The highest BCUT2D eigenvalue weighted by Crippen LogP contribution is 2.54. The maximum Gasteiger partial charge on any atom is 0.133 e. The van der Waals surface area contributed by atoms with Crippen molar-refractivity contribution in [2.24, 2.45) is 29.1 Å². The van der Waals surface area contributed by atoms with Gasteiger partial charge in [0.2, 0.25) is 0 Å². The molecule has 2 aliphatic rings. The minimum atomic E-state index is 0.446. The van der Waals surface area contributed by atoms with E-state index in [1.165, 1.54) is 19.3 Å². The minimum Gasteiger partial charge on any atom is -0.300 e. The molecule has 0 saturated heterocycles. The first-order valence-electron chi connectivity index (χ1n) is 6.95. The number of carbonyl (C=O) groups is 1. The molecule has 1 nitrogen and oxygen atoms in total. The van der Waals surface area contributed by atoms with E-state index in [2.05, 4.69) is 27.7 Å². The summed E-state index contributed by atoms with van der Waals surface area (Å²) in [5.74, 6) is 3.48. The average molecular weight is 222 g/mol. The first kappa shape index (κ1) is 12.1. The summed E-state index contributed by atoms with van der Waals surface area (Å²) in [6.07, 6.45) is 5.68. The molecule has 0 N–H and O–H groups in total. The number of ketones is 1. The summed E-state index contributed by atoms with van der Waals surface area (Å²) in [6.45, 7) is 9.45. The Hall–Kier alpha value is -0.330. The first-order chi connectivity index (χ1) is 7.43. The molecule has 0 spiro atoms. The molecule has 2 rings (SSSR count). The Balaban J connectivity index is 2.16. The molecule has 0 aliphatic heterocycles. The van der Waals surface area contributed by atoms with Gasteiger partial charge in [-0.05, 0) is 48.3 Å². The monoisotopic (exact) mass is 222 g/mol. The molecule has 0 aromatic heterocycles. The van der Waals surface area contributed by atoms with Crippen LogP contribution in [0.2, 0.25) is 0 Å². The molecule has 0 aromatic rings. The fourth-order valence-corrected chi connectivity index (χ4v) is 4.02. The van der Waals surface area contributed by atoms with Crippen LogP contribution >= 0.6 is 0 Å². The number of hydrogen-bond donors (Lipinski definition) is 0. The largest absolute Gasteiger partial charge is 0.300 e. The standard InChI is InChI=1S/C15H26O/c1-10(2)12-5-6-13-8-14(16)7-11(3)15(13,4)9-12/h10-13H,5-9H2,1-4H3/t11-,12-,13+,15+/m0/s1. The molecule has 2 fully saturated rings. The highest BCUT2D eigenvalue weighted by molar-refractivity contribution is 5.80. The van der Waals surface area contributed by atoms with Crippen molar-refractivity contribution in [1.82, 2.24) is 0 Å². The zero-order valence-electron chi connectivity index (χ0n) is 11.3. The van der Waals surface area contributed by atoms with Crippen molar-refractivity contribution >= 4 is 5.78 Å². The van der Waals surface area contributed by atoms with Crippen LogP contribution in [0.1, 0.15) is 59.8 Å². The highest BCUT2D eigenvalue weighted by atomic mass is 16.1. The van der Waals surface area contributed by atoms with E-state index in [1.807, 2.05) is 0 Å². The molecular formula is C15H26O. The number of hydrogen-bond acceptors (Lipinski definition) is 1. The van der Waals surface area contributed by atoms with Crippen molar-refractivity contribution in [3.05, 3.63) is 0 Å². The molecule has 4 atom stereocenters. The number of rotatable bonds is 1. The lowest BCUT2D eigenvalue weighted by Crippen LogP contribution is -2.45. The molecule has 2 saturated carbocycles. The zero-order valence-corrected chi connectivity index (χ0v) is 11.3. The molecule has 0 unspecified atom stereocenters. The second kappa shape index (κ2) is 4.16. The summed E-state index contributed by atoms with van der Waals surface area (Å²) >= 11 is 0. The van der Waals surface area contributed by atoms with Crippen LogP contribution in [0.3, 0.4) is 0 Å². The normalized spacial score (nSPS) is 44.6. The molecule has 92 valence electrons. The van der Waals surface area contributed by atoms with Crippen molar-refractivity contribution in [2.75, 3.05) is 0 Å². The van der Waals surface area contributed by atoms with Gasteiger partial charge in [0.25, 0.3) is 0 Å². The van der Waals surface area contributed by atoms with Crippen LogP contribution in [0.25, 0.3) is 0 Å². The quantitative estimate of drug-likeness (QED) is 0.654. The lowest BCUT2D eigenvalue weighted by molar-refractivity contribution is -0.131. The van der Waals surface area contributed by atoms with Crippen molar-refractivity contribution in [3.8, 4) is 0 Å². The van der Waals surface area contributed by atoms with Crippen LogP contribution in [0.4, 0.5) is 0 Å². The van der Waals surface area contributed by atoms with Gasteiger partial charge >= 0.3 is 0 Å². The summed E-state index contributed by atoms with van der Waals surface area (Å²) in [4.78, 5) is 11.7. The lowest BCUT2D eigenvalue weighted by Gasteiger charge is -2.52. The highest BCUT2D eigenvalue weighted by Gasteiger charge is 2.48. The third kappa shape index (κ3) is 1.94. The Kier molecular flexibility index (Phi) is 3.16. The predicted octanol–water partition coefficient (Wildman–Crippen LogP) is 4.06. The zero-order chi connectivity index (χ0) is 11.9. The van der Waals surface area contributed by atoms with Crippen LogP contribution in [0.15, 0.2) is 0 Å². The van der Waals surface area contributed by atoms with Gasteiger partial charge in [-0.2, -0.15) is 0 Å². The smallest absolute Gasteiger partial charge is 0.133 e. The van der Waals surface area contributed by atoms with Gasteiger partial charge in [-0.3, -0.25) is 4.79 Å². The molecule has 0 amide bonds. The number of Topliss-reactive ketones (excluding diaryl/α,β-unsaturated/α-hetero) is 1. The minimum absolute atomic E-state index is 0.446. The van der Waals surface area contributed by atoms with Gasteiger partial charge in [-0.25, -0.2) is 0 Å². The molecule has 16 heavy (non-hydrogen) atoms. The Labute approximate surface area is 100.0 Å². The third-order valence-corrected chi connectivity index (χ3v) is 5.60. The number of carbonyl (C=O) groups excluding carboxylic acids is 1. The molecule has 0 radical (unpaired) electrons. The summed E-state index contributed by atoms with van der Waals surface area (Å²) < 4.78 is 0. The molecule has 1 heteroatoms. The molecule has 0 bridgehead atoms. The fourth-order valence-electron chi connectivity index (χ4n) is 4.02.